The fourth-order valence-electron chi connectivity index (χ4n) is 2.62. The monoisotopic (exact) mass is 251 g/mol. The summed E-state index contributed by atoms with van der Waals surface area (Å²) in [6.45, 7) is 2.62. The van der Waals surface area contributed by atoms with Crippen LogP contribution in [0.4, 0.5) is 4.39 Å². The number of benzene rings is 1. The van der Waals surface area contributed by atoms with Gasteiger partial charge in [-0.3, -0.25) is 0 Å². The van der Waals surface area contributed by atoms with Crippen LogP contribution < -0.4 is 5.73 Å². The zero-order chi connectivity index (χ0) is 13.0. The van der Waals surface area contributed by atoms with Gasteiger partial charge >= 0.3 is 0 Å². The Labute approximate surface area is 108 Å². The van der Waals surface area contributed by atoms with Crippen molar-refractivity contribution < 1.29 is 9.13 Å². The summed E-state index contributed by atoms with van der Waals surface area (Å²) >= 11 is 0. The van der Waals surface area contributed by atoms with E-state index in [1.807, 2.05) is 6.07 Å². The Morgan fingerprint density at radius 1 is 1.33 bits per heavy atom. The fourth-order valence-corrected chi connectivity index (χ4v) is 2.62. The summed E-state index contributed by atoms with van der Waals surface area (Å²) in [6, 6.07) is 6.28. The smallest absolute Gasteiger partial charge is 0.128 e. The normalized spacial score (nSPS) is 25.9. The molecule has 0 heterocycles. The Bertz CT molecular complexity index is 383. The lowest BCUT2D eigenvalue weighted by Gasteiger charge is -2.29. The first-order valence-corrected chi connectivity index (χ1v) is 6.80. The predicted molar refractivity (Wildman–Crippen MR) is 70.7 cm³/mol. The molecule has 0 spiro atoms. The highest BCUT2D eigenvalue weighted by molar-refractivity contribution is 5.20. The molecule has 1 fully saturated rings. The molecule has 18 heavy (non-hydrogen) atoms. The zero-order valence-corrected chi connectivity index (χ0v) is 10.9. The van der Waals surface area contributed by atoms with Crippen molar-refractivity contribution in [2.45, 2.75) is 44.8 Å². The lowest BCUT2D eigenvalue weighted by Crippen LogP contribution is -2.29. The van der Waals surface area contributed by atoms with Crippen LogP contribution in [0, 0.1) is 11.7 Å². The van der Waals surface area contributed by atoms with E-state index in [1.165, 1.54) is 25.3 Å². The van der Waals surface area contributed by atoms with E-state index in [9.17, 15) is 4.39 Å². The summed E-state index contributed by atoms with van der Waals surface area (Å²) in [7, 11) is 0. The number of hydrogen-bond acceptors (Lipinski definition) is 2. The summed E-state index contributed by atoms with van der Waals surface area (Å²) in [5.41, 5.74) is 6.54. The van der Waals surface area contributed by atoms with E-state index in [1.54, 1.807) is 12.1 Å². The molecule has 0 saturated heterocycles. The van der Waals surface area contributed by atoms with Crippen LogP contribution in [-0.4, -0.2) is 12.7 Å². The molecule has 2 nitrogen and oxygen atoms in total. The molecule has 0 aromatic heterocycles. The minimum absolute atomic E-state index is 0.245. The quantitative estimate of drug-likeness (QED) is 0.890. The molecular weight excluding hydrogens is 229 g/mol. The molecule has 0 amide bonds. The molecule has 2 rings (SSSR count). The third kappa shape index (κ3) is 3.30. The second-order valence-corrected chi connectivity index (χ2v) is 5.26. The highest BCUT2D eigenvalue weighted by atomic mass is 19.1. The summed E-state index contributed by atoms with van der Waals surface area (Å²) < 4.78 is 19.4. The van der Waals surface area contributed by atoms with Crippen molar-refractivity contribution in [1.82, 2.24) is 0 Å². The predicted octanol–water partition coefficient (Wildman–Crippen LogP) is 3.42. The van der Waals surface area contributed by atoms with Crippen molar-refractivity contribution in [3.8, 4) is 0 Å². The van der Waals surface area contributed by atoms with E-state index in [0.717, 1.165) is 6.42 Å². The summed E-state index contributed by atoms with van der Waals surface area (Å²) in [4.78, 5) is 0. The molecule has 0 bridgehead atoms. The Balaban J connectivity index is 1.88. The maximum Gasteiger partial charge on any atom is 0.128 e. The van der Waals surface area contributed by atoms with Gasteiger partial charge in [-0.05, 0) is 24.8 Å². The van der Waals surface area contributed by atoms with Crippen LogP contribution in [0.2, 0.25) is 0 Å². The lowest BCUT2D eigenvalue weighted by atomic mass is 9.88. The molecule has 3 heteroatoms. The van der Waals surface area contributed by atoms with E-state index in [2.05, 4.69) is 6.92 Å². The average molecular weight is 251 g/mol. The van der Waals surface area contributed by atoms with Gasteiger partial charge in [0, 0.05) is 5.56 Å². The van der Waals surface area contributed by atoms with Gasteiger partial charge in [-0.1, -0.05) is 38.0 Å². The molecule has 0 radical (unpaired) electrons. The molecule has 3 atom stereocenters. The van der Waals surface area contributed by atoms with E-state index in [4.69, 9.17) is 10.5 Å². The minimum Gasteiger partial charge on any atom is -0.376 e. The Morgan fingerprint density at radius 3 is 2.78 bits per heavy atom. The number of ether oxygens (including phenoxy) is 1. The van der Waals surface area contributed by atoms with E-state index >= 15 is 0 Å². The van der Waals surface area contributed by atoms with Crippen molar-refractivity contribution in [3.05, 3.63) is 35.6 Å². The van der Waals surface area contributed by atoms with Crippen molar-refractivity contribution in [1.29, 1.82) is 0 Å². The largest absolute Gasteiger partial charge is 0.376 e. The molecule has 1 aliphatic rings. The standard InChI is InChI=1S/C15H22FNO/c1-11-6-2-5-9-15(11)18-10-14(17)12-7-3-4-8-13(12)16/h3-4,7-8,11,14-15H,2,5-6,9-10,17H2,1H3. The Hall–Kier alpha value is -0.930. The minimum atomic E-state index is -0.375. The fraction of sp³-hybridized carbons (Fsp3) is 0.600. The maximum absolute atomic E-state index is 13.5. The van der Waals surface area contributed by atoms with Crippen molar-refractivity contribution in [2.24, 2.45) is 11.7 Å². The van der Waals surface area contributed by atoms with Crippen LogP contribution >= 0.6 is 0 Å². The van der Waals surface area contributed by atoms with Gasteiger partial charge in [0.25, 0.3) is 0 Å². The van der Waals surface area contributed by atoms with Gasteiger partial charge in [0.05, 0.1) is 18.8 Å². The molecule has 2 N–H and O–H groups in total. The molecule has 1 aromatic carbocycles. The Kier molecular flexibility index (Phi) is 4.72. The van der Waals surface area contributed by atoms with Crippen LogP contribution in [0.3, 0.4) is 0 Å². The first kappa shape index (κ1) is 13.5. The highest BCUT2D eigenvalue weighted by Gasteiger charge is 2.23. The maximum atomic E-state index is 13.5. The van der Waals surface area contributed by atoms with Crippen molar-refractivity contribution in [2.75, 3.05) is 6.61 Å². The molecule has 1 saturated carbocycles. The van der Waals surface area contributed by atoms with Crippen LogP contribution in [0.25, 0.3) is 0 Å². The number of halogens is 1. The van der Waals surface area contributed by atoms with E-state index < -0.39 is 0 Å². The average Bonchev–Trinajstić information content (AvgIpc) is 2.38. The van der Waals surface area contributed by atoms with Crippen molar-refractivity contribution >= 4 is 0 Å². The third-order valence-electron chi connectivity index (χ3n) is 3.83. The highest BCUT2D eigenvalue weighted by Crippen LogP contribution is 2.27. The molecule has 1 aliphatic carbocycles. The van der Waals surface area contributed by atoms with E-state index in [-0.39, 0.29) is 18.0 Å². The SMILES string of the molecule is CC1CCCCC1OCC(N)c1ccccc1F. The van der Waals surface area contributed by atoms with Gasteiger partial charge in [0.2, 0.25) is 0 Å². The van der Waals surface area contributed by atoms with Gasteiger partial charge in [0.15, 0.2) is 0 Å². The zero-order valence-electron chi connectivity index (χ0n) is 10.9. The molecule has 3 unspecified atom stereocenters. The lowest BCUT2D eigenvalue weighted by molar-refractivity contribution is -0.0116. The third-order valence-corrected chi connectivity index (χ3v) is 3.83. The van der Waals surface area contributed by atoms with Gasteiger partial charge in [-0.15, -0.1) is 0 Å². The number of hydrogen-bond donors (Lipinski definition) is 1. The van der Waals surface area contributed by atoms with Gasteiger partial charge in [-0.2, -0.15) is 0 Å². The van der Waals surface area contributed by atoms with E-state index in [0.29, 0.717) is 18.1 Å². The van der Waals surface area contributed by atoms with Gasteiger partial charge in [0.1, 0.15) is 5.82 Å². The summed E-state index contributed by atoms with van der Waals surface area (Å²) in [5.74, 6) is 0.344. The van der Waals surface area contributed by atoms with Crippen LogP contribution in [0.1, 0.15) is 44.2 Å². The summed E-state index contributed by atoms with van der Waals surface area (Å²) in [6.07, 6.45) is 5.13. The van der Waals surface area contributed by atoms with Crippen molar-refractivity contribution in [3.63, 3.8) is 0 Å². The molecule has 100 valence electrons. The molecular formula is C15H22FNO. The first-order valence-electron chi connectivity index (χ1n) is 6.80. The number of nitrogens with two attached hydrogens (primary N) is 1. The number of rotatable bonds is 4. The van der Waals surface area contributed by atoms with Crippen LogP contribution in [0.15, 0.2) is 24.3 Å². The van der Waals surface area contributed by atoms with Gasteiger partial charge in [-0.25, -0.2) is 4.39 Å². The second-order valence-electron chi connectivity index (χ2n) is 5.26. The molecule has 1 aromatic rings. The summed E-state index contributed by atoms with van der Waals surface area (Å²) in [5, 5.41) is 0. The molecule has 0 aliphatic heterocycles. The second kappa shape index (κ2) is 6.30. The van der Waals surface area contributed by atoms with Gasteiger partial charge < -0.3 is 10.5 Å². The van der Waals surface area contributed by atoms with Crippen LogP contribution in [0.5, 0.6) is 0 Å². The topological polar surface area (TPSA) is 35.2 Å². The van der Waals surface area contributed by atoms with Crippen LogP contribution in [-0.2, 0) is 4.74 Å². The first-order chi connectivity index (χ1) is 8.68. The Morgan fingerprint density at radius 2 is 2.06 bits per heavy atom.